The summed E-state index contributed by atoms with van der Waals surface area (Å²) in [6, 6.07) is 11.2. The van der Waals surface area contributed by atoms with Gasteiger partial charge in [0.15, 0.2) is 0 Å². The molecule has 5 heteroatoms. The number of aryl methyl sites for hydroxylation is 1. The molecule has 2 N–H and O–H groups in total. The van der Waals surface area contributed by atoms with E-state index >= 15 is 0 Å². The van der Waals surface area contributed by atoms with E-state index in [1.807, 2.05) is 43.3 Å². The maximum absolute atomic E-state index is 6.21. The Balaban J connectivity index is 2.23. The van der Waals surface area contributed by atoms with Crippen molar-refractivity contribution in [2.75, 3.05) is 12.1 Å². The second-order valence-corrected chi connectivity index (χ2v) is 5.39. The lowest BCUT2D eigenvalue weighted by atomic mass is 10.2. The monoisotopic (exact) mass is 310 g/mol. The van der Waals surface area contributed by atoms with E-state index in [1.54, 1.807) is 7.05 Å². The van der Waals surface area contributed by atoms with Gasteiger partial charge >= 0.3 is 0 Å². The number of ether oxygens (including phenoxy) is 1. The SMILES string of the molecule is Cc1ccc(OCc2c(Cl)cccc2N(C)N)c(Cl)c1. The summed E-state index contributed by atoms with van der Waals surface area (Å²) in [5.41, 5.74) is 2.74. The molecular formula is C15H16Cl2N2O. The van der Waals surface area contributed by atoms with Crippen LogP contribution in [0.25, 0.3) is 0 Å². The van der Waals surface area contributed by atoms with Crippen molar-refractivity contribution in [3.8, 4) is 5.75 Å². The van der Waals surface area contributed by atoms with Gasteiger partial charge in [-0.15, -0.1) is 0 Å². The van der Waals surface area contributed by atoms with Gasteiger partial charge in [0.25, 0.3) is 0 Å². The van der Waals surface area contributed by atoms with Crippen LogP contribution in [-0.4, -0.2) is 7.05 Å². The first-order valence-electron chi connectivity index (χ1n) is 6.14. The van der Waals surface area contributed by atoms with E-state index in [9.17, 15) is 0 Å². The van der Waals surface area contributed by atoms with Gasteiger partial charge in [0.1, 0.15) is 12.4 Å². The summed E-state index contributed by atoms with van der Waals surface area (Å²) in [6.45, 7) is 2.28. The van der Waals surface area contributed by atoms with Crippen molar-refractivity contribution in [2.45, 2.75) is 13.5 Å². The lowest BCUT2D eigenvalue weighted by Crippen LogP contribution is -2.26. The highest BCUT2D eigenvalue weighted by molar-refractivity contribution is 6.32. The van der Waals surface area contributed by atoms with E-state index < -0.39 is 0 Å². The molecule has 0 atom stereocenters. The number of nitrogens with zero attached hydrogens (tertiary/aromatic N) is 1. The van der Waals surface area contributed by atoms with Gasteiger partial charge in [-0.05, 0) is 36.8 Å². The van der Waals surface area contributed by atoms with Crippen LogP contribution in [0, 0.1) is 6.92 Å². The Kier molecular flexibility index (Phi) is 4.76. The highest BCUT2D eigenvalue weighted by Gasteiger charge is 2.11. The molecule has 0 saturated heterocycles. The molecule has 3 nitrogen and oxygen atoms in total. The molecule has 0 bridgehead atoms. The second kappa shape index (κ2) is 6.35. The van der Waals surface area contributed by atoms with Gasteiger partial charge in [-0.25, -0.2) is 5.84 Å². The molecule has 0 aliphatic heterocycles. The molecule has 0 heterocycles. The van der Waals surface area contributed by atoms with Crippen LogP contribution < -0.4 is 15.6 Å². The van der Waals surface area contributed by atoms with E-state index in [2.05, 4.69) is 0 Å². The number of benzene rings is 2. The van der Waals surface area contributed by atoms with Gasteiger partial charge in [-0.2, -0.15) is 0 Å². The lowest BCUT2D eigenvalue weighted by molar-refractivity contribution is 0.306. The number of halogens is 2. The largest absolute Gasteiger partial charge is 0.487 e. The van der Waals surface area contributed by atoms with Crippen molar-refractivity contribution >= 4 is 28.9 Å². The van der Waals surface area contributed by atoms with Gasteiger partial charge in [-0.3, -0.25) is 0 Å². The van der Waals surface area contributed by atoms with Crippen molar-refractivity contribution in [1.82, 2.24) is 0 Å². The fourth-order valence-corrected chi connectivity index (χ4v) is 2.41. The first kappa shape index (κ1) is 15.0. The molecule has 0 spiro atoms. The molecule has 0 radical (unpaired) electrons. The maximum atomic E-state index is 6.21. The van der Waals surface area contributed by atoms with Gasteiger partial charge < -0.3 is 9.75 Å². The van der Waals surface area contributed by atoms with Crippen molar-refractivity contribution < 1.29 is 4.74 Å². The van der Waals surface area contributed by atoms with Crippen LogP contribution in [0.4, 0.5) is 5.69 Å². The molecule has 20 heavy (non-hydrogen) atoms. The standard InChI is InChI=1S/C15H16Cl2N2O/c1-10-6-7-15(13(17)8-10)20-9-11-12(16)4-3-5-14(11)19(2)18/h3-8H,9,18H2,1-2H3. The zero-order valence-corrected chi connectivity index (χ0v) is 12.9. The molecule has 0 amide bonds. The zero-order valence-electron chi connectivity index (χ0n) is 11.4. The van der Waals surface area contributed by atoms with Crippen molar-refractivity contribution in [1.29, 1.82) is 0 Å². The van der Waals surface area contributed by atoms with Crippen LogP contribution in [0.1, 0.15) is 11.1 Å². The normalized spacial score (nSPS) is 10.4. The molecule has 0 aromatic heterocycles. The molecule has 0 aliphatic rings. The summed E-state index contributed by atoms with van der Waals surface area (Å²) in [7, 11) is 1.76. The van der Waals surface area contributed by atoms with E-state index in [0.29, 0.717) is 22.4 Å². The van der Waals surface area contributed by atoms with Gasteiger partial charge in [-0.1, -0.05) is 35.3 Å². The Bertz CT molecular complexity index is 615. The molecule has 0 aliphatic carbocycles. The summed E-state index contributed by atoms with van der Waals surface area (Å²) in [6.07, 6.45) is 0. The molecule has 2 rings (SSSR count). The Morgan fingerprint density at radius 2 is 1.90 bits per heavy atom. The van der Waals surface area contributed by atoms with Gasteiger partial charge in [0, 0.05) is 17.6 Å². The van der Waals surface area contributed by atoms with E-state index in [0.717, 1.165) is 16.8 Å². The first-order chi connectivity index (χ1) is 9.49. The minimum absolute atomic E-state index is 0.305. The maximum Gasteiger partial charge on any atom is 0.138 e. The number of hydrogen-bond acceptors (Lipinski definition) is 3. The van der Waals surface area contributed by atoms with Crippen LogP contribution in [0.15, 0.2) is 36.4 Å². The van der Waals surface area contributed by atoms with Crippen LogP contribution in [0.5, 0.6) is 5.75 Å². The molecule has 106 valence electrons. The zero-order chi connectivity index (χ0) is 14.7. The summed E-state index contributed by atoms with van der Waals surface area (Å²) in [5, 5.41) is 2.71. The number of rotatable bonds is 4. The summed E-state index contributed by atoms with van der Waals surface area (Å²) >= 11 is 12.4. The lowest BCUT2D eigenvalue weighted by Gasteiger charge is -2.18. The van der Waals surface area contributed by atoms with Crippen LogP contribution in [0.2, 0.25) is 10.0 Å². The van der Waals surface area contributed by atoms with Crippen LogP contribution >= 0.6 is 23.2 Å². The van der Waals surface area contributed by atoms with Crippen molar-refractivity contribution in [2.24, 2.45) is 5.84 Å². The minimum Gasteiger partial charge on any atom is -0.487 e. The molecule has 0 saturated carbocycles. The molecule has 0 unspecified atom stereocenters. The number of anilines is 1. The number of hydrogen-bond donors (Lipinski definition) is 1. The van der Waals surface area contributed by atoms with Gasteiger partial charge in [0.2, 0.25) is 0 Å². The number of nitrogens with two attached hydrogens (primary N) is 1. The van der Waals surface area contributed by atoms with Crippen LogP contribution in [0.3, 0.4) is 0 Å². The fraction of sp³-hybridized carbons (Fsp3) is 0.200. The van der Waals surface area contributed by atoms with Crippen molar-refractivity contribution in [3.05, 3.63) is 57.6 Å². The Morgan fingerprint density at radius 3 is 2.55 bits per heavy atom. The Morgan fingerprint density at radius 1 is 1.15 bits per heavy atom. The highest BCUT2D eigenvalue weighted by Crippen LogP contribution is 2.30. The molecule has 2 aromatic carbocycles. The average Bonchev–Trinajstić information content (AvgIpc) is 2.38. The summed E-state index contributed by atoms with van der Waals surface area (Å²) in [4.78, 5) is 0. The summed E-state index contributed by atoms with van der Waals surface area (Å²) in [5.74, 6) is 6.42. The predicted octanol–water partition coefficient (Wildman–Crippen LogP) is 4.19. The quantitative estimate of drug-likeness (QED) is 0.679. The molecule has 0 fully saturated rings. The minimum atomic E-state index is 0.305. The third kappa shape index (κ3) is 3.37. The van der Waals surface area contributed by atoms with Gasteiger partial charge in [0.05, 0.1) is 10.7 Å². The predicted molar refractivity (Wildman–Crippen MR) is 84.6 cm³/mol. The van der Waals surface area contributed by atoms with E-state index in [4.69, 9.17) is 33.8 Å². The highest BCUT2D eigenvalue weighted by atomic mass is 35.5. The number of hydrazine groups is 1. The van der Waals surface area contributed by atoms with Crippen LogP contribution in [-0.2, 0) is 6.61 Å². The molecular weight excluding hydrogens is 295 g/mol. The Labute approximate surface area is 128 Å². The van der Waals surface area contributed by atoms with E-state index in [-0.39, 0.29) is 0 Å². The molecule has 2 aromatic rings. The second-order valence-electron chi connectivity index (χ2n) is 4.57. The van der Waals surface area contributed by atoms with Crippen molar-refractivity contribution in [3.63, 3.8) is 0 Å². The first-order valence-corrected chi connectivity index (χ1v) is 6.89. The average molecular weight is 311 g/mol. The summed E-state index contributed by atoms with van der Waals surface area (Å²) < 4.78 is 5.75. The van der Waals surface area contributed by atoms with E-state index in [1.165, 1.54) is 5.01 Å². The topological polar surface area (TPSA) is 38.5 Å². The Hall–Kier alpha value is -1.42. The third-order valence-corrected chi connectivity index (χ3v) is 3.58. The fourth-order valence-electron chi connectivity index (χ4n) is 1.89. The smallest absolute Gasteiger partial charge is 0.138 e. The third-order valence-electron chi connectivity index (χ3n) is 2.93.